The van der Waals surface area contributed by atoms with Gasteiger partial charge in [-0.2, -0.15) is 0 Å². The van der Waals surface area contributed by atoms with Crippen LogP contribution in [0.1, 0.15) is 26.7 Å². The molecule has 0 saturated carbocycles. The van der Waals surface area contributed by atoms with E-state index in [0.717, 1.165) is 0 Å². The average molecular weight is 166 g/mol. The van der Waals surface area contributed by atoms with Crippen molar-refractivity contribution in [2.75, 3.05) is 0 Å². The second kappa shape index (κ2) is 3.40. The summed E-state index contributed by atoms with van der Waals surface area (Å²) < 4.78 is 0. The van der Waals surface area contributed by atoms with Gasteiger partial charge in [-0.15, -0.1) is 0 Å². The predicted octanol–water partition coefficient (Wildman–Crippen LogP) is 3.46. The summed E-state index contributed by atoms with van der Waals surface area (Å²) in [6, 6.07) is 1.45. The molecule has 11 heavy (non-hydrogen) atoms. The molecule has 1 heteroatoms. The van der Waals surface area contributed by atoms with Crippen LogP contribution >= 0.6 is 0 Å². The molecule has 1 aliphatic heterocycles. The number of unbranched alkanes of at least 4 members (excludes halogenated alkanes) is 1. The zero-order valence-electron chi connectivity index (χ0n) is 7.85. The van der Waals surface area contributed by atoms with Gasteiger partial charge in [0, 0.05) is 0 Å². The van der Waals surface area contributed by atoms with Crippen molar-refractivity contribution in [3.05, 3.63) is 23.0 Å². The fraction of sp³-hybridized carbons (Fsp3) is 0.600. The van der Waals surface area contributed by atoms with Crippen LogP contribution in [-0.2, 0) is 0 Å². The van der Waals surface area contributed by atoms with Crippen LogP contribution in [0.2, 0.25) is 12.6 Å². The Balaban J connectivity index is 2.53. The van der Waals surface area contributed by atoms with E-state index in [4.69, 9.17) is 0 Å². The summed E-state index contributed by atoms with van der Waals surface area (Å²) in [5.41, 5.74) is 2.47. The van der Waals surface area contributed by atoms with Crippen molar-refractivity contribution in [1.29, 1.82) is 0 Å². The zero-order valence-corrected chi connectivity index (χ0v) is 8.85. The normalized spacial score (nSPS) is 29.2. The molecule has 0 N–H and O–H groups in total. The van der Waals surface area contributed by atoms with Crippen molar-refractivity contribution >= 4 is 8.07 Å². The molecule has 0 aromatic heterocycles. The summed E-state index contributed by atoms with van der Waals surface area (Å²) in [5.74, 6) is 0. The molecule has 0 aromatic carbocycles. The molecule has 0 radical (unpaired) electrons. The molecule has 0 nitrogen and oxygen atoms in total. The summed E-state index contributed by atoms with van der Waals surface area (Å²) in [6.07, 6.45) is 7.28. The monoisotopic (exact) mass is 166 g/mol. The van der Waals surface area contributed by atoms with Crippen LogP contribution < -0.4 is 0 Å². The smallest absolute Gasteiger partial charge is 0.0904 e. The minimum absolute atomic E-state index is 1.03. The van der Waals surface area contributed by atoms with Gasteiger partial charge in [0.1, 0.15) is 8.07 Å². The maximum Gasteiger partial charge on any atom is 0.102 e. The van der Waals surface area contributed by atoms with E-state index >= 15 is 0 Å². The van der Waals surface area contributed by atoms with E-state index in [1.54, 1.807) is 5.20 Å². The summed E-state index contributed by atoms with van der Waals surface area (Å²) in [7, 11) is -1.03. The Kier molecular flexibility index (Phi) is 2.71. The molecule has 0 fully saturated rings. The quantitative estimate of drug-likeness (QED) is 0.563. The molecule has 62 valence electrons. The highest BCUT2D eigenvalue weighted by Crippen LogP contribution is 2.27. The predicted molar refractivity (Wildman–Crippen MR) is 54.2 cm³/mol. The molecule has 1 heterocycles. The molecule has 0 bridgehead atoms. The van der Waals surface area contributed by atoms with Crippen LogP contribution in [0.5, 0.6) is 0 Å². The van der Waals surface area contributed by atoms with Gasteiger partial charge in [0.15, 0.2) is 0 Å². The molecule has 1 rings (SSSR count). The van der Waals surface area contributed by atoms with E-state index in [9.17, 15) is 0 Å². The van der Waals surface area contributed by atoms with E-state index in [0.29, 0.717) is 0 Å². The van der Waals surface area contributed by atoms with E-state index in [2.05, 4.69) is 38.2 Å². The first-order valence-corrected chi connectivity index (χ1v) is 7.34. The Bertz CT molecular complexity index is 191. The Morgan fingerprint density at radius 3 is 2.64 bits per heavy atom. The highest BCUT2D eigenvalue weighted by atomic mass is 28.3. The van der Waals surface area contributed by atoms with E-state index in [1.807, 2.05) is 0 Å². The molecular weight excluding hydrogens is 148 g/mol. The minimum Gasteiger partial charge on any atom is -0.0904 e. The van der Waals surface area contributed by atoms with Crippen molar-refractivity contribution in [2.45, 2.75) is 39.3 Å². The van der Waals surface area contributed by atoms with Crippen LogP contribution in [-0.4, -0.2) is 8.07 Å². The largest absolute Gasteiger partial charge is 0.102 e. The third kappa shape index (κ3) is 1.83. The summed E-state index contributed by atoms with van der Waals surface area (Å²) in [4.78, 5) is 0. The number of allylic oxidation sites excluding steroid dienone is 3. The van der Waals surface area contributed by atoms with Gasteiger partial charge < -0.3 is 0 Å². The minimum atomic E-state index is -1.03. The van der Waals surface area contributed by atoms with Gasteiger partial charge in [-0.1, -0.05) is 55.4 Å². The van der Waals surface area contributed by atoms with Crippen LogP contribution in [0.15, 0.2) is 23.0 Å². The standard InChI is InChI=1S/C10H18Si/c1-4-5-8-11(3)9-6-7-10(11)2/h6-7,9H,4-5,8H2,1-3H3. The Labute approximate surface area is 71.0 Å². The lowest BCUT2D eigenvalue weighted by Gasteiger charge is -2.20. The summed E-state index contributed by atoms with van der Waals surface area (Å²) in [5, 5.41) is 1.66. The molecule has 1 atom stereocenters. The first kappa shape index (κ1) is 8.79. The molecule has 0 aromatic rings. The highest BCUT2D eigenvalue weighted by molar-refractivity contribution is 6.90. The van der Waals surface area contributed by atoms with Gasteiger partial charge in [-0.25, -0.2) is 0 Å². The van der Waals surface area contributed by atoms with E-state index < -0.39 is 8.07 Å². The molecule has 1 unspecified atom stereocenters. The Morgan fingerprint density at radius 2 is 2.18 bits per heavy atom. The maximum absolute atomic E-state index is 2.47. The summed E-state index contributed by atoms with van der Waals surface area (Å²) >= 11 is 0. The molecular formula is C10H18Si. The topological polar surface area (TPSA) is 0 Å². The van der Waals surface area contributed by atoms with Gasteiger partial charge in [0.05, 0.1) is 0 Å². The van der Waals surface area contributed by atoms with Crippen LogP contribution in [0.4, 0.5) is 0 Å². The molecule has 0 aliphatic carbocycles. The van der Waals surface area contributed by atoms with Crippen LogP contribution in [0, 0.1) is 0 Å². The van der Waals surface area contributed by atoms with Gasteiger partial charge in [-0.05, 0) is 6.92 Å². The lowest BCUT2D eigenvalue weighted by molar-refractivity contribution is 0.870. The Morgan fingerprint density at radius 1 is 1.45 bits per heavy atom. The second-order valence-electron chi connectivity index (χ2n) is 3.73. The lowest BCUT2D eigenvalue weighted by Crippen LogP contribution is -2.27. The van der Waals surface area contributed by atoms with Crippen molar-refractivity contribution < 1.29 is 0 Å². The first-order chi connectivity index (χ1) is 5.19. The van der Waals surface area contributed by atoms with Crippen LogP contribution in [0.3, 0.4) is 0 Å². The fourth-order valence-corrected chi connectivity index (χ4v) is 4.46. The van der Waals surface area contributed by atoms with Crippen molar-refractivity contribution in [1.82, 2.24) is 0 Å². The molecule has 0 spiro atoms. The molecule has 0 amide bonds. The lowest BCUT2D eigenvalue weighted by atomic mass is 10.4. The van der Waals surface area contributed by atoms with E-state index in [-0.39, 0.29) is 0 Å². The van der Waals surface area contributed by atoms with Crippen molar-refractivity contribution in [2.24, 2.45) is 0 Å². The highest BCUT2D eigenvalue weighted by Gasteiger charge is 2.27. The first-order valence-electron chi connectivity index (χ1n) is 4.55. The fourth-order valence-electron chi connectivity index (χ4n) is 1.55. The zero-order chi connectivity index (χ0) is 8.32. The van der Waals surface area contributed by atoms with Gasteiger partial charge in [0.25, 0.3) is 0 Å². The number of rotatable bonds is 3. The third-order valence-corrected chi connectivity index (χ3v) is 7.05. The summed E-state index contributed by atoms with van der Waals surface area (Å²) in [6.45, 7) is 7.04. The van der Waals surface area contributed by atoms with E-state index in [1.165, 1.54) is 18.9 Å². The Hall–Kier alpha value is -0.303. The molecule has 0 saturated heterocycles. The SMILES string of the molecule is CCCC[Si]1(C)C=CC=C1C. The third-order valence-electron chi connectivity index (χ3n) is 2.76. The number of hydrogen-bond acceptors (Lipinski definition) is 0. The van der Waals surface area contributed by atoms with Crippen LogP contribution in [0.25, 0.3) is 0 Å². The van der Waals surface area contributed by atoms with Gasteiger partial charge >= 0.3 is 0 Å². The number of hydrogen-bond donors (Lipinski definition) is 0. The van der Waals surface area contributed by atoms with Crippen molar-refractivity contribution in [3.8, 4) is 0 Å². The maximum atomic E-state index is 2.47. The molecule has 1 aliphatic rings. The second-order valence-corrected chi connectivity index (χ2v) is 8.19. The average Bonchev–Trinajstić information content (AvgIpc) is 2.30. The van der Waals surface area contributed by atoms with Gasteiger partial charge in [0.2, 0.25) is 0 Å². The van der Waals surface area contributed by atoms with Crippen molar-refractivity contribution in [3.63, 3.8) is 0 Å². The van der Waals surface area contributed by atoms with Gasteiger partial charge in [-0.3, -0.25) is 0 Å².